The van der Waals surface area contributed by atoms with Crippen molar-refractivity contribution in [1.29, 1.82) is 0 Å². The SMILES string of the molecule is CC/C=C\C/C=C\C/C=C\C/C=C\C/C=C\C/C=C\C/C=C\C/C=C\C/C=C\C/C=C\C/C=C\CCCCCC(=O)NC(COC1OC(CO)C(OC2OC(CO)C(OC3OC(CO)C(O)C(O)C3O)C(O)C2O)C(O)C1O)C(O)/C=C/CCCCCCCCCCCCCCCCCCCCC. The van der Waals surface area contributed by atoms with Gasteiger partial charge in [-0.25, -0.2) is 0 Å². The average molecular weight is 1450 g/mol. The summed E-state index contributed by atoms with van der Waals surface area (Å²) in [6.07, 6.45) is 63.9. The van der Waals surface area contributed by atoms with E-state index >= 15 is 0 Å². The predicted molar refractivity (Wildman–Crippen MR) is 410 cm³/mol. The van der Waals surface area contributed by atoms with E-state index in [0.29, 0.717) is 6.42 Å². The Balaban J connectivity index is 1.40. The van der Waals surface area contributed by atoms with Crippen LogP contribution in [-0.4, -0.2) is 193 Å². The second-order valence-electron chi connectivity index (χ2n) is 27.4. The lowest BCUT2D eigenvalue weighted by Gasteiger charge is -2.48. The number of amides is 1. The van der Waals surface area contributed by atoms with Crippen molar-refractivity contribution in [2.75, 3.05) is 26.4 Å². The Morgan fingerprint density at radius 1 is 0.359 bits per heavy atom. The minimum absolute atomic E-state index is 0.194. The number of nitrogens with one attached hydrogen (secondary N) is 1. The van der Waals surface area contributed by atoms with Crippen LogP contribution in [-0.2, 0) is 33.2 Å². The van der Waals surface area contributed by atoms with Crippen molar-refractivity contribution in [1.82, 2.24) is 5.32 Å². The molecular formula is C84H139NO18. The van der Waals surface area contributed by atoms with E-state index in [1.807, 2.05) is 6.08 Å². The number of hydrogen-bond acceptors (Lipinski definition) is 18. The summed E-state index contributed by atoms with van der Waals surface area (Å²) in [5.41, 5.74) is 0. The first-order chi connectivity index (χ1) is 50.3. The third-order valence-electron chi connectivity index (χ3n) is 18.6. The monoisotopic (exact) mass is 1450 g/mol. The maximum Gasteiger partial charge on any atom is 0.220 e. The zero-order valence-corrected chi connectivity index (χ0v) is 62.7. The number of carbonyl (C=O) groups is 1. The van der Waals surface area contributed by atoms with Gasteiger partial charge in [-0.1, -0.05) is 282 Å². The number of unbranched alkanes of at least 4 members (excludes halogenated alkanes) is 22. The summed E-state index contributed by atoms with van der Waals surface area (Å²) >= 11 is 0. The third-order valence-corrected chi connectivity index (χ3v) is 18.6. The highest BCUT2D eigenvalue weighted by Crippen LogP contribution is 2.33. The topological polar surface area (TPSA) is 307 Å². The lowest BCUT2D eigenvalue weighted by Crippen LogP contribution is -2.66. The smallest absolute Gasteiger partial charge is 0.220 e. The molecule has 0 aromatic carbocycles. The fraction of sp³-hybridized carbons (Fsp3) is 0.702. The number of aliphatic hydroxyl groups excluding tert-OH is 11. The quantitative estimate of drug-likeness (QED) is 0.0199. The lowest BCUT2D eigenvalue weighted by atomic mass is 9.96. The molecule has 3 rings (SSSR count). The first-order valence-electron chi connectivity index (χ1n) is 39.6. The Bertz CT molecular complexity index is 2430. The van der Waals surface area contributed by atoms with Crippen LogP contribution >= 0.6 is 0 Å². The number of rotatable bonds is 60. The molecule has 0 bridgehead atoms. The summed E-state index contributed by atoms with van der Waals surface area (Å²) in [6.45, 7) is 1.60. The molecule has 19 heteroatoms. The number of aliphatic hydroxyl groups is 11. The van der Waals surface area contributed by atoms with Crippen molar-refractivity contribution in [3.63, 3.8) is 0 Å². The van der Waals surface area contributed by atoms with Crippen LogP contribution < -0.4 is 5.32 Å². The number of allylic oxidation sites excluding steroid dienone is 23. The van der Waals surface area contributed by atoms with E-state index < -0.39 is 124 Å². The molecule has 17 unspecified atom stereocenters. The highest BCUT2D eigenvalue weighted by atomic mass is 16.8. The normalized spacial score (nSPS) is 26.9. The van der Waals surface area contributed by atoms with E-state index in [9.17, 15) is 61.0 Å². The average Bonchev–Trinajstić information content (AvgIpc) is 0.781. The molecule has 1 amide bonds. The molecule has 588 valence electrons. The Hall–Kier alpha value is -4.33. The van der Waals surface area contributed by atoms with Crippen LogP contribution in [0.4, 0.5) is 0 Å². The lowest BCUT2D eigenvalue weighted by molar-refractivity contribution is -0.379. The van der Waals surface area contributed by atoms with Crippen LogP contribution in [0.1, 0.15) is 245 Å². The van der Waals surface area contributed by atoms with Gasteiger partial charge in [-0.2, -0.15) is 0 Å². The largest absolute Gasteiger partial charge is 0.394 e. The second-order valence-corrected chi connectivity index (χ2v) is 27.4. The molecule has 0 radical (unpaired) electrons. The molecule has 0 saturated carbocycles. The van der Waals surface area contributed by atoms with Gasteiger partial charge in [-0.3, -0.25) is 4.79 Å². The Labute approximate surface area is 619 Å². The first kappa shape index (κ1) is 92.9. The van der Waals surface area contributed by atoms with Crippen LogP contribution in [0.3, 0.4) is 0 Å². The van der Waals surface area contributed by atoms with Crippen molar-refractivity contribution in [3.8, 4) is 0 Å². The number of ether oxygens (including phenoxy) is 6. The van der Waals surface area contributed by atoms with Crippen molar-refractivity contribution >= 4 is 5.91 Å². The van der Waals surface area contributed by atoms with Gasteiger partial charge < -0.3 is 89.9 Å². The molecule has 103 heavy (non-hydrogen) atoms. The molecule has 0 spiro atoms. The maximum atomic E-state index is 13.5. The summed E-state index contributed by atoms with van der Waals surface area (Å²) in [6, 6.07) is -1.00. The Kier molecular flexibility index (Phi) is 56.5. The van der Waals surface area contributed by atoms with Crippen molar-refractivity contribution < 1.29 is 89.4 Å². The van der Waals surface area contributed by atoms with Crippen LogP contribution in [0.5, 0.6) is 0 Å². The summed E-state index contributed by atoms with van der Waals surface area (Å²) in [5.74, 6) is -0.312. The van der Waals surface area contributed by atoms with Gasteiger partial charge in [0, 0.05) is 6.42 Å². The van der Waals surface area contributed by atoms with Crippen LogP contribution in [0.25, 0.3) is 0 Å². The molecule has 3 fully saturated rings. The molecule has 19 nitrogen and oxygen atoms in total. The van der Waals surface area contributed by atoms with Gasteiger partial charge >= 0.3 is 0 Å². The molecule has 3 heterocycles. The molecule has 3 aliphatic rings. The van der Waals surface area contributed by atoms with Gasteiger partial charge in [0.1, 0.15) is 73.2 Å². The summed E-state index contributed by atoms with van der Waals surface area (Å²) in [7, 11) is 0. The Morgan fingerprint density at radius 3 is 1.05 bits per heavy atom. The number of carbonyl (C=O) groups excluding carboxylic acids is 1. The highest BCUT2D eigenvalue weighted by molar-refractivity contribution is 5.76. The molecule has 3 aliphatic heterocycles. The molecule has 0 aromatic heterocycles. The molecule has 17 atom stereocenters. The van der Waals surface area contributed by atoms with Gasteiger partial charge in [-0.05, 0) is 103 Å². The van der Waals surface area contributed by atoms with E-state index in [-0.39, 0.29) is 18.9 Å². The summed E-state index contributed by atoms with van der Waals surface area (Å²) in [5, 5.41) is 121. The molecule has 12 N–H and O–H groups in total. The zero-order chi connectivity index (χ0) is 74.6. The predicted octanol–water partition coefficient (Wildman–Crippen LogP) is 13.1. The van der Waals surface area contributed by atoms with Crippen LogP contribution in [0.2, 0.25) is 0 Å². The van der Waals surface area contributed by atoms with E-state index in [1.54, 1.807) is 6.08 Å². The van der Waals surface area contributed by atoms with Crippen molar-refractivity contribution in [2.24, 2.45) is 0 Å². The summed E-state index contributed by atoms with van der Waals surface area (Å²) < 4.78 is 34.4. The minimum atomic E-state index is -1.99. The van der Waals surface area contributed by atoms with E-state index in [0.717, 1.165) is 116 Å². The standard InChI is InChI=1S/C84H139NO18/c1-3-5-7-9-11-13-15-17-19-21-23-25-26-27-28-29-30-31-32-33-34-35-36-37-38-39-40-42-44-46-48-50-52-54-56-58-60-62-72(90)85-67(68(89)61-59-57-55-53-51-49-47-45-43-41-24-22-20-18-16-14-12-10-8-6-4-2)66-98-82-78(96)75(93)80(70(64-87)100-82)103-84-79(97)76(94)81(71(65-88)101-84)102-83-77(95)74(92)73(91)69(63-86)99-83/h5,7,11,13,17,19,23,25,27-28,30-31,33-34,36-37,39-40,44,46,50,52,59,61,67-71,73-84,86-89,91-97H,3-4,6,8-10,12,14-16,18,20-22,24,26,29,32,35,38,41-43,45,47-49,51,53-58,60,62-66H2,1-2H3,(H,85,90)/b7-5-,13-11-,19-17-,25-23-,28-27-,31-30-,34-33-,37-36-,40-39-,46-44-,52-50-,61-59+. The molecule has 3 saturated heterocycles. The van der Waals surface area contributed by atoms with E-state index in [1.165, 1.54) is 103 Å². The van der Waals surface area contributed by atoms with Gasteiger partial charge in [0.15, 0.2) is 18.9 Å². The van der Waals surface area contributed by atoms with Crippen LogP contribution in [0.15, 0.2) is 146 Å². The van der Waals surface area contributed by atoms with E-state index in [4.69, 9.17) is 28.4 Å². The van der Waals surface area contributed by atoms with E-state index in [2.05, 4.69) is 153 Å². The Morgan fingerprint density at radius 2 is 0.670 bits per heavy atom. The fourth-order valence-corrected chi connectivity index (χ4v) is 12.3. The van der Waals surface area contributed by atoms with Gasteiger partial charge in [0.2, 0.25) is 5.91 Å². The minimum Gasteiger partial charge on any atom is -0.394 e. The molecule has 0 aliphatic carbocycles. The van der Waals surface area contributed by atoms with Gasteiger partial charge in [-0.15, -0.1) is 0 Å². The second kappa shape index (κ2) is 62.7. The number of hydrogen-bond donors (Lipinski definition) is 12. The molecular weight excluding hydrogens is 1310 g/mol. The highest BCUT2D eigenvalue weighted by Gasteiger charge is 2.53. The van der Waals surface area contributed by atoms with Gasteiger partial charge in [0.25, 0.3) is 0 Å². The fourth-order valence-electron chi connectivity index (χ4n) is 12.3. The van der Waals surface area contributed by atoms with Crippen LogP contribution in [0, 0.1) is 0 Å². The van der Waals surface area contributed by atoms with Crippen molar-refractivity contribution in [2.45, 2.75) is 349 Å². The summed E-state index contributed by atoms with van der Waals surface area (Å²) in [4.78, 5) is 13.5. The zero-order valence-electron chi connectivity index (χ0n) is 62.7. The third kappa shape index (κ3) is 42.7. The molecule has 0 aromatic rings. The van der Waals surface area contributed by atoms with Gasteiger partial charge in [0.05, 0.1) is 38.6 Å². The first-order valence-corrected chi connectivity index (χ1v) is 39.6. The maximum absolute atomic E-state index is 13.5. The van der Waals surface area contributed by atoms with Crippen molar-refractivity contribution in [3.05, 3.63) is 146 Å².